The number of anilines is 8. The predicted octanol–water partition coefficient (Wildman–Crippen LogP) is 17.0. The van der Waals surface area contributed by atoms with Crippen molar-refractivity contribution in [1.82, 2.24) is 0 Å². The fourth-order valence-electron chi connectivity index (χ4n) is 15.6. The Labute approximate surface area is 447 Å². The minimum absolute atomic E-state index is 0.00369. The zero-order valence-electron chi connectivity index (χ0n) is 46.7. The second-order valence-electron chi connectivity index (χ2n) is 27.1. The number of aryl methyl sites for hydroxylation is 1. The topological polar surface area (TPSA) is 9.72 Å². The molecule has 14 rings (SSSR count). The van der Waals surface area contributed by atoms with E-state index in [9.17, 15) is 0 Å². The van der Waals surface area contributed by atoms with E-state index in [2.05, 4.69) is 256 Å². The first kappa shape index (κ1) is 46.7. The summed E-state index contributed by atoms with van der Waals surface area (Å²) in [5.41, 5.74) is 30.4. The third-order valence-corrected chi connectivity index (χ3v) is 19.7. The molecule has 0 amide bonds. The first-order valence-corrected chi connectivity index (χ1v) is 28.1. The Balaban J connectivity index is 1.11. The molecule has 374 valence electrons. The van der Waals surface area contributed by atoms with Crippen LogP contribution in [0, 0.1) is 6.92 Å². The van der Waals surface area contributed by atoms with Crippen LogP contribution in [0.2, 0.25) is 0 Å². The molecule has 0 radical (unpaired) electrons. The van der Waals surface area contributed by atoms with Crippen LogP contribution < -0.4 is 31.1 Å². The molecule has 3 unspecified atom stereocenters. The standard InChI is InChI=1S/C71H72BN3/c1-43-38-61-64-65-62(43)71(13)52-26-18-17-24-49(52)50-25-21-27-59(63(50)71)74(65)58-35-30-47(68(8,9)10)41-55(58)72(64)54-32-31-48(75-57-34-29-46(67(5,6)7)40-53(57)69(11)36-19-20-37-70(69,75)12)42-60(54)73(61)56-33-28-45(66(2,3)4)39-51(56)44-22-15-14-16-23-44/h14-18,21-35,38-42H,19-20,36-37H2,1-13H3. The van der Waals surface area contributed by atoms with Crippen LogP contribution in [-0.2, 0) is 27.1 Å². The molecule has 3 nitrogen and oxygen atoms in total. The van der Waals surface area contributed by atoms with Crippen molar-refractivity contribution in [2.75, 3.05) is 14.7 Å². The molecule has 4 heteroatoms. The lowest BCUT2D eigenvalue weighted by molar-refractivity contribution is 0.195. The van der Waals surface area contributed by atoms with E-state index in [0.29, 0.717) is 0 Å². The van der Waals surface area contributed by atoms with Gasteiger partial charge in [0.05, 0.1) is 16.9 Å². The van der Waals surface area contributed by atoms with Crippen LogP contribution >= 0.6 is 0 Å². The highest BCUT2D eigenvalue weighted by Crippen LogP contribution is 2.65. The molecule has 2 aliphatic carbocycles. The number of hydrogen-bond acceptors (Lipinski definition) is 3. The normalized spacial score (nSPS) is 21.5. The average Bonchev–Trinajstić information content (AvgIpc) is 3.86. The Hall–Kier alpha value is -6.78. The van der Waals surface area contributed by atoms with Crippen LogP contribution in [0.5, 0.6) is 0 Å². The molecule has 0 aromatic heterocycles. The van der Waals surface area contributed by atoms with Crippen molar-refractivity contribution in [3.05, 3.63) is 196 Å². The Bertz CT molecular complexity index is 3770. The van der Waals surface area contributed by atoms with Crippen LogP contribution in [0.4, 0.5) is 45.5 Å². The van der Waals surface area contributed by atoms with Crippen molar-refractivity contribution in [3.8, 4) is 22.3 Å². The van der Waals surface area contributed by atoms with Gasteiger partial charge in [0.25, 0.3) is 6.71 Å². The van der Waals surface area contributed by atoms with Gasteiger partial charge in [-0.1, -0.05) is 185 Å². The zero-order valence-corrected chi connectivity index (χ0v) is 46.7. The van der Waals surface area contributed by atoms with Crippen molar-refractivity contribution >= 4 is 68.6 Å². The highest BCUT2D eigenvalue weighted by molar-refractivity contribution is 7.00. The molecular formula is C71H72BN3. The lowest BCUT2D eigenvalue weighted by Gasteiger charge is -2.52. The van der Waals surface area contributed by atoms with E-state index in [4.69, 9.17) is 0 Å². The Morgan fingerprint density at radius 3 is 1.83 bits per heavy atom. The molecule has 1 saturated carbocycles. The van der Waals surface area contributed by atoms with E-state index >= 15 is 0 Å². The molecule has 1 fully saturated rings. The first-order valence-electron chi connectivity index (χ1n) is 28.1. The molecule has 6 aliphatic rings. The third-order valence-electron chi connectivity index (χ3n) is 19.7. The summed E-state index contributed by atoms with van der Waals surface area (Å²) in [6.45, 7) is 31.4. The molecule has 4 heterocycles. The molecule has 0 N–H and O–H groups in total. The van der Waals surface area contributed by atoms with Gasteiger partial charge in [0.15, 0.2) is 0 Å². The minimum Gasteiger partial charge on any atom is -0.334 e. The molecule has 0 saturated heterocycles. The summed E-state index contributed by atoms with van der Waals surface area (Å²) in [5, 5.41) is 0. The monoisotopic (exact) mass is 978 g/mol. The van der Waals surface area contributed by atoms with Gasteiger partial charge in [-0.3, -0.25) is 0 Å². The zero-order chi connectivity index (χ0) is 52.1. The van der Waals surface area contributed by atoms with Gasteiger partial charge in [0, 0.05) is 50.5 Å². The summed E-state index contributed by atoms with van der Waals surface area (Å²) in [6.07, 6.45) is 4.83. The third kappa shape index (κ3) is 6.12. The van der Waals surface area contributed by atoms with Crippen LogP contribution in [0.15, 0.2) is 152 Å². The quantitative estimate of drug-likeness (QED) is 0.163. The second kappa shape index (κ2) is 15.2. The summed E-state index contributed by atoms with van der Waals surface area (Å²) in [6, 6.07) is 60.2. The highest BCUT2D eigenvalue weighted by atomic mass is 15.3. The van der Waals surface area contributed by atoms with Crippen molar-refractivity contribution in [2.24, 2.45) is 0 Å². The van der Waals surface area contributed by atoms with E-state index in [1.165, 1.54) is 148 Å². The van der Waals surface area contributed by atoms with Gasteiger partial charge in [0.2, 0.25) is 0 Å². The van der Waals surface area contributed by atoms with Crippen molar-refractivity contribution in [1.29, 1.82) is 0 Å². The van der Waals surface area contributed by atoms with Crippen molar-refractivity contribution in [2.45, 2.75) is 148 Å². The van der Waals surface area contributed by atoms with Gasteiger partial charge in [0.1, 0.15) is 0 Å². The molecular weight excluding hydrogens is 906 g/mol. The van der Waals surface area contributed by atoms with Gasteiger partial charge < -0.3 is 14.7 Å². The second-order valence-corrected chi connectivity index (χ2v) is 27.1. The SMILES string of the molecule is Cc1cc2c3c4c1C1(C)c5ccccc5-c5cccc(c51)N4c1ccc(C(C)(C)C)cc1B3c1ccc(N3c4ccc(C(C)(C)C)cc4C4(C)CCCCC34C)cc1N2c1ccc(C(C)(C)C)cc1-c1ccccc1. The smallest absolute Gasteiger partial charge is 0.252 e. The van der Waals surface area contributed by atoms with Gasteiger partial charge in [-0.2, -0.15) is 0 Å². The Morgan fingerprint density at radius 1 is 0.453 bits per heavy atom. The maximum atomic E-state index is 2.81. The molecule has 0 bridgehead atoms. The van der Waals surface area contributed by atoms with Crippen LogP contribution in [0.3, 0.4) is 0 Å². The molecule has 0 spiro atoms. The molecule has 8 aromatic rings. The predicted molar refractivity (Wildman–Crippen MR) is 321 cm³/mol. The lowest BCUT2D eigenvalue weighted by atomic mass is 9.32. The number of rotatable bonds is 3. The van der Waals surface area contributed by atoms with Crippen molar-refractivity contribution < 1.29 is 0 Å². The van der Waals surface area contributed by atoms with E-state index in [-0.39, 0.29) is 39.3 Å². The fraction of sp³-hybridized carbons (Fsp3) is 0.324. The number of fused-ring (bicyclic) bond motifs is 13. The Morgan fingerprint density at radius 2 is 1.09 bits per heavy atom. The molecule has 75 heavy (non-hydrogen) atoms. The summed E-state index contributed by atoms with van der Waals surface area (Å²) in [4.78, 5) is 8.24. The average molecular weight is 978 g/mol. The van der Waals surface area contributed by atoms with Gasteiger partial charge in [-0.15, -0.1) is 0 Å². The van der Waals surface area contributed by atoms with Crippen LogP contribution in [0.25, 0.3) is 22.3 Å². The summed E-state index contributed by atoms with van der Waals surface area (Å²) in [5.74, 6) is 0. The maximum Gasteiger partial charge on any atom is 0.252 e. The number of benzene rings is 8. The molecule has 3 atom stereocenters. The lowest BCUT2D eigenvalue weighted by Crippen LogP contribution is -2.63. The molecule has 4 aliphatic heterocycles. The van der Waals surface area contributed by atoms with Gasteiger partial charge >= 0.3 is 0 Å². The number of hydrogen-bond donors (Lipinski definition) is 0. The van der Waals surface area contributed by atoms with Crippen LogP contribution in [-0.4, -0.2) is 12.3 Å². The maximum absolute atomic E-state index is 2.81. The first-order chi connectivity index (χ1) is 35.6. The summed E-state index contributed by atoms with van der Waals surface area (Å²) < 4.78 is 0. The molecule has 8 aromatic carbocycles. The van der Waals surface area contributed by atoms with Gasteiger partial charge in [-0.25, -0.2) is 0 Å². The van der Waals surface area contributed by atoms with Gasteiger partial charge in [-0.05, 0) is 176 Å². The van der Waals surface area contributed by atoms with E-state index < -0.39 is 0 Å². The minimum atomic E-state index is -0.350. The summed E-state index contributed by atoms with van der Waals surface area (Å²) in [7, 11) is 0. The summed E-state index contributed by atoms with van der Waals surface area (Å²) >= 11 is 0. The van der Waals surface area contributed by atoms with Crippen LogP contribution in [0.1, 0.15) is 153 Å². The highest BCUT2D eigenvalue weighted by Gasteiger charge is 2.59. The van der Waals surface area contributed by atoms with E-state index in [0.717, 1.165) is 6.42 Å². The number of nitrogens with zero attached hydrogens (tertiary/aromatic N) is 3. The van der Waals surface area contributed by atoms with Crippen molar-refractivity contribution in [3.63, 3.8) is 0 Å². The largest absolute Gasteiger partial charge is 0.334 e. The van der Waals surface area contributed by atoms with E-state index in [1.807, 2.05) is 0 Å². The Kier molecular flexibility index (Phi) is 9.48. The fourth-order valence-corrected chi connectivity index (χ4v) is 15.6. The van der Waals surface area contributed by atoms with E-state index in [1.54, 1.807) is 0 Å².